The topological polar surface area (TPSA) is 109 Å². The molecule has 4 fully saturated rings. The summed E-state index contributed by atoms with van der Waals surface area (Å²) in [4.78, 5) is 25.6. The van der Waals surface area contributed by atoms with Crippen LogP contribution in [0.15, 0.2) is 36.4 Å². The highest BCUT2D eigenvalue weighted by atomic mass is 35.5. The fourth-order valence-corrected chi connectivity index (χ4v) is 6.51. The van der Waals surface area contributed by atoms with Crippen LogP contribution in [0.1, 0.15) is 50.1 Å². The summed E-state index contributed by atoms with van der Waals surface area (Å²) in [5, 5.41) is 19.9. The molecule has 1 heterocycles. The second kappa shape index (κ2) is 9.55. The van der Waals surface area contributed by atoms with Crippen LogP contribution in [0.5, 0.6) is 11.5 Å². The van der Waals surface area contributed by atoms with Gasteiger partial charge in [0.25, 0.3) is 11.8 Å². The van der Waals surface area contributed by atoms with Crippen molar-refractivity contribution in [2.24, 2.45) is 0 Å². The second-order valence-electron chi connectivity index (χ2n) is 11.1. The number of halogens is 3. The quantitative estimate of drug-likeness (QED) is 0.392. The molecule has 1 aliphatic heterocycles. The summed E-state index contributed by atoms with van der Waals surface area (Å²) in [5.74, 6) is -0.249. The van der Waals surface area contributed by atoms with Crippen molar-refractivity contribution >= 4 is 35.0 Å². The van der Waals surface area contributed by atoms with Gasteiger partial charge in [-0.3, -0.25) is 9.59 Å². The maximum absolute atomic E-state index is 13.6. The predicted octanol–water partition coefficient (Wildman–Crippen LogP) is 3.42. The minimum absolute atomic E-state index is 0.0137. The van der Waals surface area contributed by atoms with Crippen molar-refractivity contribution < 1.29 is 28.6 Å². The average Bonchev–Trinajstić information content (AvgIpc) is 2.81. The number of carbonyl (C=O) groups is 2. The lowest BCUT2D eigenvalue weighted by molar-refractivity contribution is -0.154. The lowest BCUT2D eigenvalue weighted by Crippen LogP contribution is -2.84. The van der Waals surface area contributed by atoms with Gasteiger partial charge in [0.2, 0.25) is 0 Å². The minimum Gasteiger partial charge on any atom is -0.484 e. The van der Waals surface area contributed by atoms with Crippen molar-refractivity contribution in [2.75, 3.05) is 6.61 Å². The van der Waals surface area contributed by atoms with E-state index < -0.39 is 11.9 Å². The first-order valence-electron chi connectivity index (χ1n) is 12.7. The number of fused-ring (bicyclic) bond motifs is 1. The van der Waals surface area contributed by atoms with Gasteiger partial charge in [0, 0.05) is 46.2 Å². The zero-order valence-corrected chi connectivity index (χ0v) is 21.9. The Bertz CT molecular complexity index is 1270. The highest BCUT2D eigenvalue weighted by molar-refractivity contribution is 6.31. The highest BCUT2D eigenvalue weighted by Gasteiger charge is 2.69. The van der Waals surface area contributed by atoms with Crippen molar-refractivity contribution in [1.29, 1.82) is 0 Å². The van der Waals surface area contributed by atoms with Gasteiger partial charge < -0.3 is 30.5 Å². The van der Waals surface area contributed by atoms with Crippen LogP contribution in [0.2, 0.25) is 10.0 Å². The Morgan fingerprint density at radius 3 is 2.50 bits per heavy atom. The fourth-order valence-electron chi connectivity index (χ4n) is 6.21. The molecule has 2 bridgehead atoms. The molecule has 5 aliphatic rings. The van der Waals surface area contributed by atoms with E-state index in [1.807, 2.05) is 6.07 Å². The molecule has 0 unspecified atom stereocenters. The van der Waals surface area contributed by atoms with Crippen LogP contribution >= 0.6 is 23.2 Å². The molecule has 0 spiro atoms. The van der Waals surface area contributed by atoms with E-state index in [1.54, 1.807) is 12.1 Å². The van der Waals surface area contributed by atoms with E-state index in [2.05, 4.69) is 16.0 Å². The molecule has 0 saturated heterocycles. The molecule has 0 aromatic heterocycles. The van der Waals surface area contributed by atoms with Gasteiger partial charge in [0.1, 0.15) is 17.3 Å². The molecule has 2 aromatic carbocycles. The predicted molar refractivity (Wildman–Crippen MR) is 138 cm³/mol. The third kappa shape index (κ3) is 4.93. The highest BCUT2D eigenvalue weighted by Crippen LogP contribution is 2.60. The Labute approximate surface area is 229 Å². The Morgan fingerprint density at radius 2 is 1.79 bits per heavy atom. The van der Waals surface area contributed by atoms with Crippen LogP contribution < -0.4 is 25.4 Å². The zero-order valence-electron chi connectivity index (χ0n) is 20.4. The Balaban J connectivity index is 1.01. The summed E-state index contributed by atoms with van der Waals surface area (Å²) >= 11 is 11.9. The third-order valence-corrected chi connectivity index (χ3v) is 8.53. The van der Waals surface area contributed by atoms with Crippen molar-refractivity contribution in [1.82, 2.24) is 16.0 Å². The van der Waals surface area contributed by atoms with E-state index in [0.717, 1.165) is 11.6 Å². The van der Waals surface area contributed by atoms with E-state index in [9.17, 15) is 19.1 Å². The number of ether oxygens (including phenoxy) is 2. The number of aliphatic hydroxyl groups excluding tert-OH is 1. The molecule has 11 heteroatoms. The Kier molecular flexibility index (Phi) is 6.45. The summed E-state index contributed by atoms with van der Waals surface area (Å²) in [6, 6.07) is 9.47. The molecule has 8 nitrogen and oxygen atoms in total. The maximum Gasteiger partial charge on any atom is 0.261 e. The van der Waals surface area contributed by atoms with Gasteiger partial charge in [-0.1, -0.05) is 23.2 Å². The average molecular weight is 564 g/mol. The molecular weight excluding hydrogens is 536 g/mol. The molecular formula is C27H28Cl2FN3O5. The number of amides is 2. The molecule has 7 rings (SSSR count). The summed E-state index contributed by atoms with van der Waals surface area (Å²) in [7, 11) is 0. The van der Waals surface area contributed by atoms with Crippen LogP contribution in [-0.2, 0) is 9.59 Å². The van der Waals surface area contributed by atoms with E-state index in [-0.39, 0.29) is 58.5 Å². The molecule has 202 valence electrons. The smallest absolute Gasteiger partial charge is 0.261 e. The number of nitrogens with one attached hydrogen (secondary N) is 3. The van der Waals surface area contributed by atoms with Gasteiger partial charge in [-0.15, -0.1) is 0 Å². The van der Waals surface area contributed by atoms with E-state index in [4.69, 9.17) is 32.7 Å². The first kappa shape index (κ1) is 25.7. The van der Waals surface area contributed by atoms with E-state index in [1.165, 1.54) is 12.1 Å². The standard InChI is InChI=1S/C27H28Cl2FN3O5/c28-14-1-4-22-18(5-14)21(31-15-6-16(34)7-15)9-23(38-22)25(36)33-27-11-26(12-27,13-27)32-24(35)10-37-17-2-3-19(29)20(30)8-17/h1-5,8,15-16,21,23,31,34H,6-7,9-13H2,(H,32,35)(H,33,36)/t15?,16?,21-,23+,26?,27?/m1/s1. The van der Waals surface area contributed by atoms with Crippen LogP contribution in [0.25, 0.3) is 0 Å². The minimum atomic E-state index is -0.668. The van der Waals surface area contributed by atoms with Crippen molar-refractivity contribution in [3.05, 3.63) is 57.8 Å². The van der Waals surface area contributed by atoms with Gasteiger partial charge in [0.05, 0.1) is 11.1 Å². The van der Waals surface area contributed by atoms with Gasteiger partial charge in [-0.25, -0.2) is 4.39 Å². The normalized spacial score (nSPS) is 32.4. The Morgan fingerprint density at radius 1 is 1.05 bits per heavy atom. The molecule has 38 heavy (non-hydrogen) atoms. The number of carbonyl (C=O) groups excluding carboxylic acids is 2. The molecule has 4 aliphatic carbocycles. The first-order valence-corrected chi connectivity index (χ1v) is 13.5. The number of hydrogen-bond acceptors (Lipinski definition) is 6. The third-order valence-electron chi connectivity index (χ3n) is 7.99. The number of hydrogen-bond donors (Lipinski definition) is 4. The molecule has 2 atom stereocenters. The van der Waals surface area contributed by atoms with Crippen LogP contribution in [0, 0.1) is 5.82 Å². The number of benzene rings is 2. The molecule has 4 N–H and O–H groups in total. The molecule has 2 amide bonds. The van der Waals surface area contributed by atoms with Crippen molar-refractivity contribution in [2.45, 2.75) is 73.9 Å². The van der Waals surface area contributed by atoms with Crippen molar-refractivity contribution in [3.8, 4) is 11.5 Å². The SMILES string of the molecule is O=C(COc1ccc(Cl)c(F)c1)NC12CC(NC(=O)[C@@H]3C[C@@H](NC4CC(O)C4)c4cc(Cl)ccc4O3)(C1)C2. The molecule has 2 aromatic rings. The van der Waals surface area contributed by atoms with Crippen LogP contribution in [0.3, 0.4) is 0 Å². The van der Waals surface area contributed by atoms with E-state index >= 15 is 0 Å². The summed E-state index contributed by atoms with van der Waals surface area (Å²) in [6.07, 6.45) is 2.76. The fraction of sp³-hybridized carbons (Fsp3) is 0.481. The summed E-state index contributed by atoms with van der Waals surface area (Å²) in [5.41, 5.74) is 0.207. The van der Waals surface area contributed by atoms with Gasteiger partial charge in [-0.2, -0.15) is 0 Å². The summed E-state index contributed by atoms with van der Waals surface area (Å²) in [6.45, 7) is -0.242. The van der Waals surface area contributed by atoms with Gasteiger partial charge in [0.15, 0.2) is 12.7 Å². The lowest BCUT2D eigenvalue weighted by atomic mass is 9.44. The number of rotatable bonds is 8. The Hall–Kier alpha value is -2.59. The van der Waals surface area contributed by atoms with Gasteiger partial charge in [-0.05, 0) is 62.4 Å². The largest absolute Gasteiger partial charge is 0.484 e. The van der Waals surface area contributed by atoms with Crippen LogP contribution in [0.4, 0.5) is 4.39 Å². The van der Waals surface area contributed by atoms with Crippen LogP contribution in [-0.4, -0.2) is 52.9 Å². The summed E-state index contributed by atoms with van der Waals surface area (Å²) < 4.78 is 25.0. The molecule has 0 radical (unpaired) electrons. The second-order valence-corrected chi connectivity index (χ2v) is 11.9. The number of aliphatic hydroxyl groups is 1. The first-order chi connectivity index (χ1) is 18.1. The van der Waals surface area contributed by atoms with E-state index in [0.29, 0.717) is 49.3 Å². The van der Waals surface area contributed by atoms with Gasteiger partial charge >= 0.3 is 0 Å². The lowest BCUT2D eigenvalue weighted by Gasteiger charge is -2.70. The zero-order chi connectivity index (χ0) is 26.7. The maximum atomic E-state index is 13.6. The monoisotopic (exact) mass is 563 g/mol. The van der Waals surface area contributed by atoms with Crippen molar-refractivity contribution in [3.63, 3.8) is 0 Å². The molecule has 4 saturated carbocycles.